The van der Waals surface area contributed by atoms with E-state index in [2.05, 4.69) is 0 Å². The molecule has 104 valence electrons. The van der Waals surface area contributed by atoms with Gasteiger partial charge in [-0.1, -0.05) is 19.3 Å². The summed E-state index contributed by atoms with van der Waals surface area (Å²) >= 11 is 0. The monoisotopic (exact) mass is 262 g/mol. The molecule has 19 heavy (non-hydrogen) atoms. The van der Waals surface area contributed by atoms with E-state index < -0.39 is 5.60 Å². The molecule has 0 atom stereocenters. The molecule has 3 nitrogen and oxygen atoms in total. The summed E-state index contributed by atoms with van der Waals surface area (Å²) < 4.78 is 5.84. The van der Waals surface area contributed by atoms with Crippen molar-refractivity contribution < 1.29 is 14.6 Å². The predicted molar refractivity (Wildman–Crippen MR) is 74.8 cm³/mol. The fraction of sp³-hybridized carbons (Fsp3) is 0.562. The third-order valence-corrected chi connectivity index (χ3v) is 3.89. The third-order valence-electron chi connectivity index (χ3n) is 3.89. The van der Waals surface area contributed by atoms with E-state index in [0.717, 1.165) is 48.8 Å². The number of aldehydes is 1. The van der Waals surface area contributed by atoms with Crippen LogP contribution >= 0.6 is 0 Å². The van der Waals surface area contributed by atoms with Crippen molar-refractivity contribution in [2.24, 2.45) is 0 Å². The lowest BCUT2D eigenvalue weighted by Gasteiger charge is -2.32. The van der Waals surface area contributed by atoms with Gasteiger partial charge >= 0.3 is 0 Å². The molecule has 0 unspecified atom stereocenters. The molecule has 2 rings (SSSR count). The number of benzene rings is 1. The van der Waals surface area contributed by atoms with Crippen molar-refractivity contribution >= 4 is 6.29 Å². The van der Waals surface area contributed by atoms with Crippen LogP contribution in [0.15, 0.2) is 12.1 Å². The molecule has 3 heteroatoms. The number of ether oxygens (including phenoxy) is 1. The highest BCUT2D eigenvalue weighted by atomic mass is 16.5. The number of hydrogen-bond donors (Lipinski definition) is 1. The van der Waals surface area contributed by atoms with E-state index in [1.165, 1.54) is 6.42 Å². The first-order valence-electron chi connectivity index (χ1n) is 6.96. The molecule has 1 aliphatic carbocycles. The topological polar surface area (TPSA) is 46.5 Å². The van der Waals surface area contributed by atoms with Crippen LogP contribution in [-0.2, 0) is 0 Å². The second-order valence-electron chi connectivity index (χ2n) is 5.68. The van der Waals surface area contributed by atoms with Gasteiger partial charge in [0.1, 0.15) is 18.6 Å². The van der Waals surface area contributed by atoms with Crippen molar-refractivity contribution in [2.45, 2.75) is 51.6 Å². The highest BCUT2D eigenvalue weighted by Crippen LogP contribution is 2.31. The van der Waals surface area contributed by atoms with E-state index >= 15 is 0 Å². The van der Waals surface area contributed by atoms with Crippen LogP contribution in [0.25, 0.3) is 0 Å². The summed E-state index contributed by atoms with van der Waals surface area (Å²) in [6, 6.07) is 3.64. The van der Waals surface area contributed by atoms with Gasteiger partial charge in [-0.2, -0.15) is 0 Å². The molecule has 1 saturated carbocycles. The molecule has 0 saturated heterocycles. The quantitative estimate of drug-likeness (QED) is 0.848. The van der Waals surface area contributed by atoms with E-state index in [1.54, 1.807) is 0 Å². The number of carbonyl (C=O) groups is 1. The van der Waals surface area contributed by atoms with Crippen molar-refractivity contribution in [3.63, 3.8) is 0 Å². The first kappa shape index (κ1) is 14.1. The lowest BCUT2D eigenvalue weighted by molar-refractivity contribution is -0.0341. The van der Waals surface area contributed by atoms with Gasteiger partial charge in [0.2, 0.25) is 0 Å². The molecule has 1 aromatic rings. The SMILES string of the molecule is Cc1cc(C=O)cc(C)c1OCC1(O)CCCCC1. The summed E-state index contributed by atoms with van der Waals surface area (Å²) in [6.07, 6.45) is 5.83. The lowest BCUT2D eigenvalue weighted by atomic mass is 9.85. The maximum absolute atomic E-state index is 10.8. The van der Waals surface area contributed by atoms with E-state index in [4.69, 9.17) is 4.74 Å². The maximum Gasteiger partial charge on any atom is 0.150 e. The molecule has 0 spiro atoms. The Labute approximate surface area is 114 Å². The smallest absolute Gasteiger partial charge is 0.150 e. The Morgan fingerprint density at radius 2 is 1.79 bits per heavy atom. The third kappa shape index (κ3) is 3.35. The van der Waals surface area contributed by atoms with E-state index in [9.17, 15) is 9.90 Å². The normalized spacial score (nSPS) is 18.1. The zero-order valence-corrected chi connectivity index (χ0v) is 11.7. The largest absolute Gasteiger partial charge is 0.490 e. The minimum Gasteiger partial charge on any atom is -0.490 e. The fourth-order valence-corrected chi connectivity index (χ4v) is 2.84. The van der Waals surface area contributed by atoms with Crippen LogP contribution in [0, 0.1) is 13.8 Å². The number of aliphatic hydroxyl groups is 1. The zero-order chi connectivity index (χ0) is 13.9. The van der Waals surface area contributed by atoms with Crippen LogP contribution in [0.1, 0.15) is 53.6 Å². The van der Waals surface area contributed by atoms with Gasteiger partial charge in [0, 0.05) is 5.56 Å². The second kappa shape index (κ2) is 5.74. The minimum atomic E-state index is -0.680. The molecule has 1 N–H and O–H groups in total. The van der Waals surface area contributed by atoms with E-state index in [0.29, 0.717) is 12.2 Å². The molecule has 0 radical (unpaired) electrons. The van der Waals surface area contributed by atoms with Crippen LogP contribution < -0.4 is 4.74 Å². The zero-order valence-electron chi connectivity index (χ0n) is 11.7. The summed E-state index contributed by atoms with van der Waals surface area (Å²) in [7, 11) is 0. The van der Waals surface area contributed by atoms with Crippen molar-refractivity contribution in [1.29, 1.82) is 0 Å². The van der Waals surface area contributed by atoms with Gasteiger partial charge in [0.05, 0.1) is 5.60 Å². The Morgan fingerprint density at radius 1 is 1.21 bits per heavy atom. The van der Waals surface area contributed by atoms with Crippen LogP contribution in [0.2, 0.25) is 0 Å². The van der Waals surface area contributed by atoms with Crippen molar-refractivity contribution in [3.8, 4) is 5.75 Å². The van der Waals surface area contributed by atoms with Crippen LogP contribution in [0.4, 0.5) is 0 Å². The molecule has 0 aliphatic heterocycles. The van der Waals surface area contributed by atoms with E-state index in [1.807, 2.05) is 26.0 Å². The number of carbonyl (C=O) groups excluding carboxylic acids is 1. The molecular formula is C16H22O3. The average Bonchev–Trinajstić information content (AvgIpc) is 2.38. The Bertz CT molecular complexity index is 436. The maximum atomic E-state index is 10.8. The van der Waals surface area contributed by atoms with Crippen LogP contribution in [0.3, 0.4) is 0 Å². The Balaban J connectivity index is 2.09. The first-order valence-corrected chi connectivity index (χ1v) is 6.96. The second-order valence-corrected chi connectivity index (χ2v) is 5.68. The van der Waals surface area contributed by atoms with Gasteiger partial charge in [-0.3, -0.25) is 4.79 Å². The van der Waals surface area contributed by atoms with Crippen LogP contribution in [0.5, 0.6) is 5.75 Å². The standard InChI is InChI=1S/C16H22O3/c1-12-8-14(10-17)9-13(2)15(12)19-11-16(18)6-4-3-5-7-16/h8-10,18H,3-7,11H2,1-2H3. The van der Waals surface area contributed by atoms with Gasteiger partial charge in [-0.05, 0) is 49.9 Å². The molecule has 1 fully saturated rings. The summed E-state index contributed by atoms with van der Waals surface area (Å²) in [5.74, 6) is 0.796. The molecule has 0 bridgehead atoms. The molecule has 1 aliphatic rings. The molecule has 0 aromatic heterocycles. The Hall–Kier alpha value is -1.35. The van der Waals surface area contributed by atoms with Crippen LogP contribution in [-0.4, -0.2) is 23.6 Å². The highest BCUT2D eigenvalue weighted by Gasteiger charge is 2.30. The molecule has 0 amide bonds. The number of rotatable bonds is 4. The number of aryl methyl sites for hydroxylation is 2. The Kier molecular flexibility index (Phi) is 4.25. The number of hydrogen-bond acceptors (Lipinski definition) is 3. The summed E-state index contributed by atoms with van der Waals surface area (Å²) in [5, 5.41) is 10.4. The summed E-state index contributed by atoms with van der Waals surface area (Å²) in [5.41, 5.74) is 1.88. The molecule has 0 heterocycles. The van der Waals surface area contributed by atoms with Gasteiger partial charge in [-0.15, -0.1) is 0 Å². The van der Waals surface area contributed by atoms with Gasteiger partial charge < -0.3 is 9.84 Å². The Morgan fingerprint density at radius 3 is 2.32 bits per heavy atom. The van der Waals surface area contributed by atoms with Crippen molar-refractivity contribution in [3.05, 3.63) is 28.8 Å². The molecule has 1 aromatic carbocycles. The van der Waals surface area contributed by atoms with E-state index in [-0.39, 0.29) is 0 Å². The summed E-state index contributed by atoms with van der Waals surface area (Å²) in [6.45, 7) is 4.20. The first-order chi connectivity index (χ1) is 9.04. The average molecular weight is 262 g/mol. The highest BCUT2D eigenvalue weighted by molar-refractivity contribution is 5.76. The fourth-order valence-electron chi connectivity index (χ4n) is 2.84. The van der Waals surface area contributed by atoms with Gasteiger partial charge in [0.15, 0.2) is 0 Å². The van der Waals surface area contributed by atoms with Gasteiger partial charge in [0.25, 0.3) is 0 Å². The summed E-state index contributed by atoms with van der Waals surface area (Å²) in [4.78, 5) is 10.8. The minimum absolute atomic E-state index is 0.342. The van der Waals surface area contributed by atoms with Crippen molar-refractivity contribution in [1.82, 2.24) is 0 Å². The predicted octanol–water partition coefficient (Wildman–Crippen LogP) is 3.19. The van der Waals surface area contributed by atoms with Gasteiger partial charge in [-0.25, -0.2) is 0 Å². The molecular weight excluding hydrogens is 240 g/mol. The lowest BCUT2D eigenvalue weighted by Crippen LogP contribution is -2.38. The van der Waals surface area contributed by atoms with Crippen molar-refractivity contribution in [2.75, 3.05) is 6.61 Å².